The maximum Gasteiger partial charge on any atom is 0.257 e. The van der Waals surface area contributed by atoms with Gasteiger partial charge in [-0.2, -0.15) is 4.98 Å². The first kappa shape index (κ1) is 21.1. The SMILES string of the molecule is Cc1noc(-c2ccc3nc(Nc4cc(CN5CCN(C=O)CC5(C)C)ccn4)[nH]c3c2)n1. The lowest BCUT2D eigenvalue weighted by atomic mass is 9.98. The van der Waals surface area contributed by atoms with Crippen LogP contribution in [0.1, 0.15) is 25.2 Å². The summed E-state index contributed by atoms with van der Waals surface area (Å²) in [5.74, 6) is 2.39. The Bertz CT molecular complexity index is 1290. The molecule has 3 aromatic heterocycles. The lowest BCUT2D eigenvalue weighted by Gasteiger charge is -2.46. The number of carbonyl (C=O) groups excluding carboxylic acids is 1. The van der Waals surface area contributed by atoms with E-state index in [1.807, 2.05) is 35.2 Å². The number of H-pyrrole nitrogens is 1. The molecule has 1 saturated heterocycles. The van der Waals surface area contributed by atoms with Gasteiger partial charge in [0.15, 0.2) is 5.82 Å². The van der Waals surface area contributed by atoms with Crippen molar-refractivity contribution in [2.24, 2.45) is 0 Å². The fourth-order valence-electron chi connectivity index (χ4n) is 4.21. The molecule has 5 rings (SSSR count). The fourth-order valence-corrected chi connectivity index (χ4v) is 4.21. The molecule has 1 aromatic carbocycles. The molecule has 0 aliphatic carbocycles. The minimum atomic E-state index is -0.0939. The summed E-state index contributed by atoms with van der Waals surface area (Å²) in [5.41, 5.74) is 3.56. The molecule has 0 radical (unpaired) electrons. The van der Waals surface area contributed by atoms with E-state index in [-0.39, 0.29) is 5.54 Å². The normalized spacial score (nSPS) is 16.3. The Morgan fingerprint density at radius 3 is 2.85 bits per heavy atom. The second-order valence-corrected chi connectivity index (χ2v) is 8.95. The quantitative estimate of drug-likeness (QED) is 0.434. The number of anilines is 2. The van der Waals surface area contributed by atoms with E-state index in [1.165, 1.54) is 0 Å². The number of aromatic nitrogens is 5. The highest BCUT2D eigenvalue weighted by molar-refractivity contribution is 5.82. The Labute approximate surface area is 191 Å². The molecule has 0 saturated carbocycles. The second-order valence-electron chi connectivity index (χ2n) is 8.95. The summed E-state index contributed by atoms with van der Waals surface area (Å²) in [7, 11) is 0. The lowest BCUT2D eigenvalue weighted by Crippen LogP contribution is -2.58. The largest absolute Gasteiger partial charge is 0.342 e. The van der Waals surface area contributed by atoms with Crippen molar-refractivity contribution in [3.63, 3.8) is 0 Å². The van der Waals surface area contributed by atoms with E-state index in [2.05, 4.69) is 49.2 Å². The Balaban J connectivity index is 1.32. The molecule has 4 heterocycles. The van der Waals surface area contributed by atoms with Crippen molar-refractivity contribution in [1.82, 2.24) is 34.9 Å². The predicted molar refractivity (Wildman–Crippen MR) is 124 cm³/mol. The van der Waals surface area contributed by atoms with Gasteiger partial charge in [0.05, 0.1) is 11.0 Å². The minimum Gasteiger partial charge on any atom is -0.342 e. The first-order valence-electron chi connectivity index (χ1n) is 10.9. The van der Waals surface area contributed by atoms with Gasteiger partial charge in [0.2, 0.25) is 12.4 Å². The van der Waals surface area contributed by atoms with Crippen LogP contribution in [0, 0.1) is 6.92 Å². The lowest BCUT2D eigenvalue weighted by molar-refractivity contribution is -0.123. The van der Waals surface area contributed by atoms with E-state index in [1.54, 1.807) is 13.1 Å². The molecule has 1 amide bonds. The third-order valence-electron chi connectivity index (χ3n) is 5.95. The number of hydrogen-bond acceptors (Lipinski definition) is 8. The summed E-state index contributed by atoms with van der Waals surface area (Å²) in [4.78, 5) is 32.0. The number of rotatable bonds is 6. The summed E-state index contributed by atoms with van der Waals surface area (Å²) < 4.78 is 5.26. The van der Waals surface area contributed by atoms with Crippen LogP contribution in [0.5, 0.6) is 0 Å². The maximum atomic E-state index is 11.2. The molecule has 1 fully saturated rings. The number of pyridine rings is 1. The molecule has 170 valence electrons. The van der Waals surface area contributed by atoms with Gasteiger partial charge < -0.3 is 19.7 Å². The number of hydrogen-bond donors (Lipinski definition) is 2. The highest BCUT2D eigenvalue weighted by Crippen LogP contribution is 2.26. The zero-order valence-electron chi connectivity index (χ0n) is 18.9. The number of amides is 1. The number of piperazine rings is 1. The molecular weight excluding hydrogens is 420 g/mol. The number of benzene rings is 1. The van der Waals surface area contributed by atoms with Crippen molar-refractivity contribution in [3.8, 4) is 11.5 Å². The van der Waals surface area contributed by atoms with Crippen LogP contribution in [0.3, 0.4) is 0 Å². The van der Waals surface area contributed by atoms with Crippen LogP contribution < -0.4 is 5.32 Å². The third kappa shape index (κ3) is 4.42. The van der Waals surface area contributed by atoms with Crippen LogP contribution in [0.15, 0.2) is 41.1 Å². The number of fused-ring (bicyclic) bond motifs is 1. The standard InChI is InChI=1S/C23H26N8O2/c1-15-25-21(33-29-15)17-4-5-18-19(11-17)27-22(26-18)28-20-10-16(6-7-24-20)12-31-9-8-30(14-32)13-23(31,2)3/h4-7,10-11,14H,8-9,12-13H2,1-3H3,(H2,24,26,27,28). The number of nitrogens with zero attached hydrogens (tertiary/aromatic N) is 6. The molecule has 1 aliphatic rings. The van der Waals surface area contributed by atoms with Gasteiger partial charge in [-0.15, -0.1) is 0 Å². The van der Waals surface area contributed by atoms with Crippen molar-refractivity contribution in [2.75, 3.05) is 25.0 Å². The highest BCUT2D eigenvalue weighted by atomic mass is 16.5. The minimum absolute atomic E-state index is 0.0939. The zero-order chi connectivity index (χ0) is 23.0. The average Bonchev–Trinajstić information content (AvgIpc) is 3.40. The van der Waals surface area contributed by atoms with Crippen molar-refractivity contribution in [1.29, 1.82) is 0 Å². The molecule has 4 aromatic rings. The van der Waals surface area contributed by atoms with E-state index >= 15 is 0 Å². The molecule has 33 heavy (non-hydrogen) atoms. The van der Waals surface area contributed by atoms with E-state index in [9.17, 15) is 4.79 Å². The molecule has 0 spiro atoms. The van der Waals surface area contributed by atoms with Crippen molar-refractivity contribution in [3.05, 3.63) is 47.9 Å². The first-order valence-corrected chi connectivity index (χ1v) is 10.9. The van der Waals surface area contributed by atoms with Crippen LogP contribution in [-0.2, 0) is 11.3 Å². The van der Waals surface area contributed by atoms with E-state index in [0.29, 0.717) is 23.5 Å². The molecule has 0 bridgehead atoms. The molecule has 10 heteroatoms. The molecule has 0 unspecified atom stereocenters. The monoisotopic (exact) mass is 446 g/mol. The second kappa shape index (κ2) is 8.28. The summed E-state index contributed by atoms with van der Waals surface area (Å²) in [6.45, 7) is 9.20. The number of aromatic amines is 1. The first-order chi connectivity index (χ1) is 15.9. The highest BCUT2D eigenvalue weighted by Gasteiger charge is 2.33. The Morgan fingerprint density at radius 2 is 2.09 bits per heavy atom. The molecule has 10 nitrogen and oxygen atoms in total. The van der Waals surface area contributed by atoms with Gasteiger partial charge in [-0.05, 0) is 56.7 Å². The van der Waals surface area contributed by atoms with E-state index < -0.39 is 0 Å². The van der Waals surface area contributed by atoms with Gasteiger partial charge in [0, 0.05) is 43.5 Å². The molecular formula is C23H26N8O2. The fraction of sp³-hybridized carbons (Fsp3) is 0.348. The van der Waals surface area contributed by atoms with Crippen LogP contribution in [0.25, 0.3) is 22.5 Å². The molecule has 1 aliphatic heterocycles. The maximum absolute atomic E-state index is 11.2. The number of carbonyl (C=O) groups is 1. The van der Waals surface area contributed by atoms with Crippen LogP contribution in [0.4, 0.5) is 11.8 Å². The number of imidazole rings is 1. The summed E-state index contributed by atoms with van der Waals surface area (Å²) in [5, 5.41) is 7.12. The van der Waals surface area contributed by atoms with E-state index in [4.69, 9.17) is 4.52 Å². The average molecular weight is 447 g/mol. The smallest absolute Gasteiger partial charge is 0.257 e. The van der Waals surface area contributed by atoms with Crippen LogP contribution in [0.2, 0.25) is 0 Å². The molecule has 0 atom stereocenters. The zero-order valence-corrected chi connectivity index (χ0v) is 18.9. The summed E-state index contributed by atoms with van der Waals surface area (Å²) >= 11 is 0. The van der Waals surface area contributed by atoms with Gasteiger partial charge in [-0.3, -0.25) is 9.69 Å². The summed E-state index contributed by atoms with van der Waals surface area (Å²) in [6, 6.07) is 9.81. The van der Waals surface area contributed by atoms with Crippen molar-refractivity contribution < 1.29 is 9.32 Å². The predicted octanol–water partition coefficient (Wildman–Crippen LogP) is 3.11. The summed E-state index contributed by atoms with van der Waals surface area (Å²) in [6.07, 6.45) is 2.73. The Hall–Kier alpha value is -3.79. The Morgan fingerprint density at radius 1 is 1.21 bits per heavy atom. The third-order valence-corrected chi connectivity index (χ3v) is 5.95. The Kier molecular flexibility index (Phi) is 5.29. The number of aryl methyl sites for hydroxylation is 1. The number of nitrogens with one attached hydrogen (secondary N) is 2. The van der Waals surface area contributed by atoms with Gasteiger partial charge in [-0.25, -0.2) is 9.97 Å². The van der Waals surface area contributed by atoms with Gasteiger partial charge in [0.1, 0.15) is 5.82 Å². The van der Waals surface area contributed by atoms with Crippen LogP contribution >= 0.6 is 0 Å². The topological polar surface area (TPSA) is 116 Å². The van der Waals surface area contributed by atoms with Gasteiger partial charge in [-0.1, -0.05) is 5.16 Å². The van der Waals surface area contributed by atoms with Crippen molar-refractivity contribution >= 4 is 29.2 Å². The van der Waals surface area contributed by atoms with Gasteiger partial charge >= 0.3 is 0 Å². The van der Waals surface area contributed by atoms with Gasteiger partial charge in [0.25, 0.3) is 5.89 Å². The van der Waals surface area contributed by atoms with Crippen molar-refractivity contribution in [2.45, 2.75) is 32.9 Å². The van der Waals surface area contributed by atoms with Crippen LogP contribution in [-0.4, -0.2) is 66.5 Å². The molecule has 2 N–H and O–H groups in total. The van der Waals surface area contributed by atoms with E-state index in [0.717, 1.165) is 54.7 Å².